The molecular formula is C17H30N2O2. The highest BCUT2D eigenvalue weighted by Crippen LogP contribution is 2.26. The fourth-order valence-electron chi connectivity index (χ4n) is 2.80. The number of rotatable bonds is 6. The molecule has 1 rings (SSSR count). The topological polar surface area (TPSA) is 50.4 Å². The third-order valence-corrected chi connectivity index (χ3v) is 3.87. The zero-order chi connectivity index (χ0) is 15.9. The van der Waals surface area contributed by atoms with E-state index < -0.39 is 5.60 Å². The van der Waals surface area contributed by atoms with Gasteiger partial charge in [0.05, 0.1) is 0 Å². The molecule has 0 saturated heterocycles. The van der Waals surface area contributed by atoms with Crippen molar-refractivity contribution in [1.29, 1.82) is 0 Å². The summed E-state index contributed by atoms with van der Waals surface area (Å²) < 4.78 is 5.28. The van der Waals surface area contributed by atoms with Gasteiger partial charge in [0.15, 0.2) is 0 Å². The summed E-state index contributed by atoms with van der Waals surface area (Å²) in [5.74, 6) is 3.19. The van der Waals surface area contributed by atoms with Gasteiger partial charge in [-0.15, -0.1) is 12.3 Å². The molecular weight excluding hydrogens is 264 g/mol. The van der Waals surface area contributed by atoms with Gasteiger partial charge in [0, 0.05) is 25.0 Å². The maximum Gasteiger partial charge on any atom is 0.407 e. The lowest BCUT2D eigenvalue weighted by atomic mass is 10.0. The van der Waals surface area contributed by atoms with Crippen LogP contribution in [0.3, 0.4) is 0 Å². The molecule has 1 saturated carbocycles. The molecule has 120 valence electrons. The normalized spacial score (nSPS) is 23.4. The molecule has 1 amide bonds. The van der Waals surface area contributed by atoms with Crippen LogP contribution in [0.4, 0.5) is 4.79 Å². The third-order valence-electron chi connectivity index (χ3n) is 3.87. The van der Waals surface area contributed by atoms with E-state index in [2.05, 4.69) is 23.5 Å². The number of terminal acetylenes is 1. The first kappa shape index (κ1) is 17.8. The van der Waals surface area contributed by atoms with Crippen molar-refractivity contribution in [2.75, 3.05) is 6.54 Å². The number of ether oxygens (including phenoxy) is 1. The van der Waals surface area contributed by atoms with E-state index in [4.69, 9.17) is 11.2 Å². The number of hydrogen-bond acceptors (Lipinski definition) is 3. The molecule has 0 aromatic carbocycles. The lowest BCUT2D eigenvalue weighted by Crippen LogP contribution is -2.44. The molecule has 3 unspecified atom stereocenters. The standard InChI is InChI=1S/C17H30N2O2/c1-6-9-14(7-2)19-15-11-8-10-13(15)12-18-16(20)21-17(3,4)5/h1,13-15,19H,7-12H2,2-5H3,(H,18,20). The fourth-order valence-corrected chi connectivity index (χ4v) is 2.80. The van der Waals surface area contributed by atoms with Crippen molar-refractivity contribution in [3.8, 4) is 12.3 Å². The van der Waals surface area contributed by atoms with Crippen molar-refractivity contribution in [1.82, 2.24) is 10.6 Å². The van der Waals surface area contributed by atoms with E-state index in [1.807, 2.05) is 20.8 Å². The van der Waals surface area contributed by atoms with Crippen LogP contribution in [0.5, 0.6) is 0 Å². The number of carbonyl (C=O) groups is 1. The molecule has 0 radical (unpaired) electrons. The SMILES string of the molecule is C#CCC(CC)NC1CCCC1CNC(=O)OC(C)(C)C. The lowest BCUT2D eigenvalue weighted by Gasteiger charge is -2.26. The van der Waals surface area contributed by atoms with Crippen molar-refractivity contribution >= 4 is 6.09 Å². The number of hydrogen-bond donors (Lipinski definition) is 2. The Morgan fingerprint density at radius 1 is 1.43 bits per heavy atom. The second kappa shape index (κ2) is 8.29. The maximum absolute atomic E-state index is 11.7. The van der Waals surface area contributed by atoms with E-state index in [9.17, 15) is 4.79 Å². The van der Waals surface area contributed by atoms with E-state index in [1.54, 1.807) is 0 Å². The van der Waals surface area contributed by atoms with E-state index >= 15 is 0 Å². The summed E-state index contributed by atoms with van der Waals surface area (Å²) in [5.41, 5.74) is -0.447. The van der Waals surface area contributed by atoms with Crippen LogP contribution < -0.4 is 10.6 Å². The Morgan fingerprint density at radius 3 is 2.71 bits per heavy atom. The molecule has 2 N–H and O–H groups in total. The molecule has 0 spiro atoms. The molecule has 21 heavy (non-hydrogen) atoms. The molecule has 0 heterocycles. The van der Waals surface area contributed by atoms with E-state index in [-0.39, 0.29) is 6.09 Å². The Hall–Kier alpha value is -1.21. The Kier molecular flexibility index (Phi) is 7.04. The Balaban J connectivity index is 2.40. The second-order valence-electron chi connectivity index (χ2n) is 6.86. The quantitative estimate of drug-likeness (QED) is 0.740. The molecule has 0 aromatic heterocycles. The molecule has 1 aliphatic carbocycles. The lowest BCUT2D eigenvalue weighted by molar-refractivity contribution is 0.0517. The summed E-state index contributed by atoms with van der Waals surface area (Å²) in [7, 11) is 0. The van der Waals surface area contributed by atoms with Crippen LogP contribution in [0.2, 0.25) is 0 Å². The van der Waals surface area contributed by atoms with Gasteiger partial charge < -0.3 is 15.4 Å². The largest absolute Gasteiger partial charge is 0.444 e. The van der Waals surface area contributed by atoms with Crippen molar-refractivity contribution in [3.05, 3.63) is 0 Å². The zero-order valence-corrected chi connectivity index (χ0v) is 13.9. The molecule has 1 fully saturated rings. The van der Waals surface area contributed by atoms with Crippen LogP contribution in [0.1, 0.15) is 59.8 Å². The minimum absolute atomic E-state index is 0.330. The fraction of sp³-hybridized carbons (Fsp3) is 0.824. The van der Waals surface area contributed by atoms with Gasteiger partial charge in [0.1, 0.15) is 5.60 Å². The van der Waals surface area contributed by atoms with Gasteiger partial charge in [-0.25, -0.2) is 4.79 Å². The van der Waals surface area contributed by atoms with Gasteiger partial charge in [-0.2, -0.15) is 0 Å². The van der Waals surface area contributed by atoms with Crippen molar-refractivity contribution in [2.45, 2.75) is 77.5 Å². The van der Waals surface area contributed by atoms with Crippen molar-refractivity contribution in [2.24, 2.45) is 5.92 Å². The van der Waals surface area contributed by atoms with Crippen LogP contribution in [0.15, 0.2) is 0 Å². The van der Waals surface area contributed by atoms with Gasteiger partial charge in [-0.05, 0) is 46.0 Å². The van der Waals surface area contributed by atoms with Crippen LogP contribution in [-0.2, 0) is 4.74 Å². The highest BCUT2D eigenvalue weighted by Gasteiger charge is 2.29. The first-order valence-corrected chi connectivity index (χ1v) is 8.02. The third kappa shape index (κ3) is 6.86. The van der Waals surface area contributed by atoms with Gasteiger partial charge in [0.2, 0.25) is 0 Å². The van der Waals surface area contributed by atoms with Gasteiger partial charge in [0.25, 0.3) is 0 Å². The Morgan fingerprint density at radius 2 is 2.14 bits per heavy atom. The molecule has 3 atom stereocenters. The summed E-state index contributed by atoms with van der Waals surface area (Å²) in [6, 6.07) is 0.820. The summed E-state index contributed by atoms with van der Waals surface area (Å²) in [6.45, 7) is 8.44. The number of nitrogens with one attached hydrogen (secondary N) is 2. The van der Waals surface area contributed by atoms with E-state index in [1.165, 1.54) is 6.42 Å². The highest BCUT2D eigenvalue weighted by molar-refractivity contribution is 5.67. The molecule has 0 aromatic rings. The van der Waals surface area contributed by atoms with Crippen molar-refractivity contribution in [3.63, 3.8) is 0 Å². The smallest absolute Gasteiger partial charge is 0.407 e. The minimum Gasteiger partial charge on any atom is -0.444 e. The Bertz CT molecular complexity index is 368. The van der Waals surface area contributed by atoms with Gasteiger partial charge >= 0.3 is 6.09 Å². The first-order chi connectivity index (χ1) is 9.85. The second-order valence-corrected chi connectivity index (χ2v) is 6.86. The van der Waals surface area contributed by atoms with Crippen LogP contribution in [0.25, 0.3) is 0 Å². The molecule has 0 bridgehead atoms. The summed E-state index contributed by atoms with van der Waals surface area (Å²) in [5, 5.41) is 6.55. The van der Waals surface area contributed by atoms with E-state index in [0.717, 1.165) is 25.7 Å². The summed E-state index contributed by atoms with van der Waals surface area (Å²) in [6.07, 6.45) is 10.4. The predicted octanol–water partition coefficient (Wildman–Crippen LogP) is 3.07. The molecule has 4 nitrogen and oxygen atoms in total. The average Bonchev–Trinajstić information content (AvgIpc) is 2.81. The van der Waals surface area contributed by atoms with Crippen molar-refractivity contribution < 1.29 is 9.53 Å². The maximum atomic E-state index is 11.7. The number of alkyl carbamates (subject to hydrolysis) is 1. The zero-order valence-electron chi connectivity index (χ0n) is 13.9. The first-order valence-electron chi connectivity index (χ1n) is 8.02. The highest BCUT2D eigenvalue weighted by atomic mass is 16.6. The molecule has 4 heteroatoms. The number of carbonyl (C=O) groups excluding carboxylic acids is 1. The summed E-state index contributed by atoms with van der Waals surface area (Å²) in [4.78, 5) is 11.7. The minimum atomic E-state index is -0.447. The van der Waals surface area contributed by atoms with Crippen LogP contribution >= 0.6 is 0 Å². The van der Waals surface area contributed by atoms with Gasteiger partial charge in [-0.3, -0.25) is 0 Å². The molecule has 0 aliphatic heterocycles. The molecule has 1 aliphatic rings. The predicted molar refractivity (Wildman–Crippen MR) is 86.0 cm³/mol. The van der Waals surface area contributed by atoms with Gasteiger partial charge in [-0.1, -0.05) is 13.3 Å². The summed E-state index contributed by atoms with van der Waals surface area (Å²) >= 11 is 0. The van der Waals surface area contributed by atoms with Crippen LogP contribution in [-0.4, -0.2) is 30.3 Å². The average molecular weight is 294 g/mol. The number of amides is 1. The van der Waals surface area contributed by atoms with E-state index in [0.29, 0.717) is 24.5 Å². The monoisotopic (exact) mass is 294 g/mol. The Labute approximate surface area is 129 Å². The van der Waals surface area contributed by atoms with Crippen LogP contribution in [0, 0.1) is 18.3 Å².